The maximum absolute atomic E-state index is 13.8. The van der Waals surface area contributed by atoms with E-state index in [0.717, 1.165) is 12.4 Å². The first-order chi connectivity index (χ1) is 13.3. The van der Waals surface area contributed by atoms with Crippen molar-refractivity contribution in [3.05, 3.63) is 53.6 Å². The van der Waals surface area contributed by atoms with Gasteiger partial charge < -0.3 is 15.8 Å². The lowest BCUT2D eigenvalue weighted by molar-refractivity contribution is -0.0129. The Kier molecular flexibility index (Phi) is 7.09. The highest BCUT2D eigenvalue weighted by Gasteiger charge is 2.44. The molecule has 0 fully saturated rings. The van der Waals surface area contributed by atoms with E-state index < -0.39 is 30.0 Å². The number of carbonyl (C=O) groups is 1. The number of nitrogens with zero attached hydrogens (tertiary/aromatic N) is 3. The third kappa shape index (κ3) is 4.80. The molecule has 1 aromatic heterocycles. The van der Waals surface area contributed by atoms with Gasteiger partial charge in [0.25, 0.3) is 18.8 Å². The Morgan fingerprint density at radius 3 is 2.55 bits per heavy atom. The van der Waals surface area contributed by atoms with Crippen LogP contribution in [0.5, 0.6) is 0 Å². The zero-order valence-electron chi connectivity index (χ0n) is 14.7. The van der Waals surface area contributed by atoms with Gasteiger partial charge in [-0.1, -0.05) is 12.1 Å². The molecule has 0 bridgehead atoms. The normalized spacial score (nSPS) is 18.9. The number of ether oxygens (including phenoxy) is 1. The standard InChI is InChI=1S/C17H15F4N5O2.ClH/c18-14(19)11-5-24-12(6-23-11)15(27)25-10-3-1-2-9(4-10)17(16(20)21)8-28-7-13(22)26-17;/h1-6,14,16H,7-8H2,(H2,22,26)(H,25,27);1H. The molecule has 29 heavy (non-hydrogen) atoms. The lowest BCUT2D eigenvalue weighted by Crippen LogP contribution is -2.44. The fourth-order valence-electron chi connectivity index (χ4n) is 2.65. The molecule has 1 aliphatic rings. The Morgan fingerprint density at radius 1 is 1.21 bits per heavy atom. The monoisotopic (exact) mass is 433 g/mol. The first kappa shape index (κ1) is 22.5. The summed E-state index contributed by atoms with van der Waals surface area (Å²) in [6.07, 6.45) is -4.01. The van der Waals surface area contributed by atoms with Gasteiger partial charge >= 0.3 is 0 Å². The van der Waals surface area contributed by atoms with Crippen LogP contribution < -0.4 is 11.1 Å². The number of hydrogen-bond donors (Lipinski definition) is 2. The predicted molar refractivity (Wildman–Crippen MR) is 98.8 cm³/mol. The molecule has 12 heteroatoms. The molecule has 3 N–H and O–H groups in total. The molecular formula is C17H16ClF4N5O2. The molecule has 3 rings (SSSR count). The largest absolute Gasteiger partial charge is 0.385 e. The number of halogens is 5. The van der Waals surface area contributed by atoms with Crippen molar-refractivity contribution in [1.29, 1.82) is 0 Å². The van der Waals surface area contributed by atoms with E-state index in [-0.39, 0.29) is 48.4 Å². The number of hydrogen-bond acceptors (Lipinski definition) is 6. The van der Waals surface area contributed by atoms with Crippen molar-refractivity contribution >= 4 is 29.8 Å². The van der Waals surface area contributed by atoms with Crippen molar-refractivity contribution in [2.24, 2.45) is 10.7 Å². The number of anilines is 1. The van der Waals surface area contributed by atoms with Crippen LogP contribution in [0.3, 0.4) is 0 Å². The average Bonchev–Trinajstić information content (AvgIpc) is 2.68. The molecule has 1 amide bonds. The van der Waals surface area contributed by atoms with E-state index in [1.807, 2.05) is 0 Å². The Bertz CT molecular complexity index is 898. The quantitative estimate of drug-likeness (QED) is 0.706. The SMILES string of the molecule is Cl.NC1=NC(c2cccc(NC(=O)c3cnc(C(F)F)cn3)c2)(C(F)F)COC1. The van der Waals surface area contributed by atoms with E-state index >= 15 is 0 Å². The first-order valence-corrected chi connectivity index (χ1v) is 8.04. The molecule has 1 atom stereocenters. The number of alkyl halides is 4. The Labute approximate surface area is 168 Å². The summed E-state index contributed by atoms with van der Waals surface area (Å²) in [5, 5.41) is 2.46. The molecule has 1 unspecified atom stereocenters. The maximum atomic E-state index is 13.8. The highest BCUT2D eigenvalue weighted by molar-refractivity contribution is 6.02. The van der Waals surface area contributed by atoms with Crippen molar-refractivity contribution in [1.82, 2.24) is 9.97 Å². The Balaban J connectivity index is 0.00000300. The summed E-state index contributed by atoms with van der Waals surface area (Å²) >= 11 is 0. The van der Waals surface area contributed by atoms with Gasteiger partial charge in [-0.3, -0.25) is 14.8 Å². The number of amidine groups is 1. The van der Waals surface area contributed by atoms with Crippen molar-refractivity contribution in [3.63, 3.8) is 0 Å². The molecule has 1 aliphatic heterocycles. The van der Waals surface area contributed by atoms with E-state index in [1.165, 1.54) is 24.3 Å². The molecule has 2 aromatic rings. The highest BCUT2D eigenvalue weighted by Crippen LogP contribution is 2.36. The van der Waals surface area contributed by atoms with Crippen molar-refractivity contribution in [2.45, 2.75) is 18.4 Å². The van der Waals surface area contributed by atoms with E-state index in [9.17, 15) is 22.4 Å². The zero-order chi connectivity index (χ0) is 20.3. The second kappa shape index (κ2) is 9.14. The van der Waals surface area contributed by atoms with Crippen LogP contribution in [0.15, 0.2) is 41.7 Å². The van der Waals surface area contributed by atoms with E-state index in [2.05, 4.69) is 20.3 Å². The fraction of sp³-hybridized carbons (Fsp3) is 0.294. The van der Waals surface area contributed by atoms with Crippen molar-refractivity contribution in [2.75, 3.05) is 18.5 Å². The zero-order valence-corrected chi connectivity index (χ0v) is 15.5. The van der Waals surface area contributed by atoms with Crippen LogP contribution in [-0.4, -0.2) is 41.3 Å². The number of rotatable bonds is 5. The van der Waals surface area contributed by atoms with Crippen molar-refractivity contribution < 1.29 is 27.1 Å². The lowest BCUT2D eigenvalue weighted by atomic mass is 9.90. The summed E-state index contributed by atoms with van der Waals surface area (Å²) in [5.41, 5.74) is 3.09. The van der Waals surface area contributed by atoms with Crippen LogP contribution in [0, 0.1) is 0 Å². The van der Waals surface area contributed by atoms with Crippen LogP contribution in [0.4, 0.5) is 23.2 Å². The number of nitrogens with one attached hydrogen (secondary N) is 1. The lowest BCUT2D eigenvalue weighted by Gasteiger charge is -2.33. The van der Waals surface area contributed by atoms with Gasteiger partial charge in [-0.2, -0.15) is 0 Å². The summed E-state index contributed by atoms with van der Waals surface area (Å²) in [4.78, 5) is 23.2. The average molecular weight is 434 g/mol. The smallest absolute Gasteiger partial charge is 0.281 e. The number of carbonyl (C=O) groups excluding carboxylic acids is 1. The van der Waals surface area contributed by atoms with Gasteiger partial charge in [0, 0.05) is 5.69 Å². The summed E-state index contributed by atoms with van der Waals surface area (Å²) < 4.78 is 57.7. The van der Waals surface area contributed by atoms with Gasteiger partial charge in [-0.25, -0.2) is 22.5 Å². The molecule has 1 aromatic carbocycles. The third-order valence-electron chi connectivity index (χ3n) is 4.02. The van der Waals surface area contributed by atoms with E-state index in [0.29, 0.717) is 0 Å². The number of nitrogens with two attached hydrogens (primary N) is 1. The number of aromatic nitrogens is 2. The second-order valence-electron chi connectivity index (χ2n) is 5.98. The number of benzene rings is 1. The van der Waals surface area contributed by atoms with Gasteiger partial charge in [-0.15, -0.1) is 12.4 Å². The molecule has 2 heterocycles. The van der Waals surface area contributed by atoms with Crippen LogP contribution in [0.25, 0.3) is 0 Å². The minimum Gasteiger partial charge on any atom is -0.385 e. The van der Waals surface area contributed by atoms with Crippen LogP contribution in [0.1, 0.15) is 28.2 Å². The van der Waals surface area contributed by atoms with Gasteiger partial charge in [0.05, 0.1) is 19.0 Å². The number of amides is 1. The maximum Gasteiger partial charge on any atom is 0.281 e. The molecule has 0 saturated heterocycles. The molecule has 156 valence electrons. The summed E-state index contributed by atoms with van der Waals surface area (Å²) in [6, 6.07) is 5.67. The third-order valence-corrected chi connectivity index (χ3v) is 4.02. The van der Waals surface area contributed by atoms with Crippen LogP contribution in [-0.2, 0) is 10.3 Å². The van der Waals surface area contributed by atoms with Crippen LogP contribution >= 0.6 is 12.4 Å². The molecule has 0 spiro atoms. The second-order valence-corrected chi connectivity index (χ2v) is 5.98. The van der Waals surface area contributed by atoms with E-state index in [1.54, 1.807) is 0 Å². The van der Waals surface area contributed by atoms with Crippen LogP contribution in [0.2, 0.25) is 0 Å². The highest BCUT2D eigenvalue weighted by atomic mass is 35.5. The molecular weight excluding hydrogens is 418 g/mol. The fourth-order valence-corrected chi connectivity index (χ4v) is 2.65. The summed E-state index contributed by atoms with van der Waals surface area (Å²) in [5.74, 6) is -0.796. The number of aliphatic imine (C=N–C) groups is 1. The minimum absolute atomic E-state index is 0. The topological polar surface area (TPSA) is 102 Å². The Hall–Kier alpha value is -2.79. The summed E-state index contributed by atoms with van der Waals surface area (Å²) in [6.45, 7) is -0.415. The molecule has 0 aliphatic carbocycles. The van der Waals surface area contributed by atoms with Crippen molar-refractivity contribution in [3.8, 4) is 0 Å². The van der Waals surface area contributed by atoms with E-state index in [4.69, 9.17) is 10.5 Å². The molecule has 7 nitrogen and oxygen atoms in total. The van der Waals surface area contributed by atoms with Gasteiger partial charge in [-0.05, 0) is 17.7 Å². The summed E-state index contributed by atoms with van der Waals surface area (Å²) in [7, 11) is 0. The Morgan fingerprint density at radius 2 is 1.97 bits per heavy atom. The predicted octanol–water partition coefficient (Wildman–Crippen LogP) is 2.94. The minimum atomic E-state index is -2.90. The van der Waals surface area contributed by atoms with Gasteiger partial charge in [0.2, 0.25) is 0 Å². The van der Waals surface area contributed by atoms with Gasteiger partial charge in [0.15, 0.2) is 5.54 Å². The first-order valence-electron chi connectivity index (χ1n) is 8.04. The molecule has 0 radical (unpaired) electrons. The van der Waals surface area contributed by atoms with Gasteiger partial charge in [0.1, 0.15) is 23.8 Å². The molecule has 0 saturated carbocycles.